The summed E-state index contributed by atoms with van der Waals surface area (Å²) in [4.78, 5) is 24.9. The molecule has 0 radical (unpaired) electrons. The van der Waals surface area contributed by atoms with Crippen molar-refractivity contribution in [1.29, 1.82) is 0 Å². The maximum absolute atomic E-state index is 12.6. The molecule has 26 heavy (non-hydrogen) atoms. The second kappa shape index (κ2) is 6.57. The molecule has 136 valence electrons. The molecule has 3 rings (SSSR count). The van der Waals surface area contributed by atoms with Crippen molar-refractivity contribution in [3.63, 3.8) is 0 Å². The molecular weight excluding hydrogens is 352 g/mol. The lowest BCUT2D eigenvalue weighted by molar-refractivity contribution is -0.119. The smallest absolute Gasteiger partial charge is 0.255 e. The molecule has 2 amide bonds. The Morgan fingerprint density at radius 2 is 1.73 bits per heavy atom. The third-order valence-electron chi connectivity index (χ3n) is 4.42. The molecule has 1 N–H and O–H groups in total. The van der Waals surface area contributed by atoms with Gasteiger partial charge in [0.1, 0.15) is 0 Å². The Balaban J connectivity index is 1.93. The highest BCUT2D eigenvalue weighted by Gasteiger charge is 2.42. The van der Waals surface area contributed by atoms with E-state index in [0.29, 0.717) is 0 Å². The number of nitrogens with zero attached hydrogens (tertiary/aromatic N) is 1. The van der Waals surface area contributed by atoms with Crippen LogP contribution < -0.4 is 9.62 Å². The van der Waals surface area contributed by atoms with Crippen LogP contribution in [0.1, 0.15) is 28.4 Å². The molecule has 7 heteroatoms. The summed E-state index contributed by atoms with van der Waals surface area (Å²) in [6.07, 6.45) is 0. The van der Waals surface area contributed by atoms with Crippen molar-refractivity contribution >= 4 is 33.2 Å². The highest BCUT2D eigenvalue weighted by atomic mass is 32.2. The van der Waals surface area contributed by atoms with Gasteiger partial charge in [-0.2, -0.15) is 0 Å². The molecule has 0 bridgehead atoms. The van der Waals surface area contributed by atoms with Crippen molar-refractivity contribution in [1.82, 2.24) is 0 Å². The van der Waals surface area contributed by atoms with E-state index in [1.165, 1.54) is 12.1 Å². The van der Waals surface area contributed by atoms with Crippen LogP contribution in [0.25, 0.3) is 0 Å². The van der Waals surface area contributed by atoms with Crippen LogP contribution in [0.4, 0.5) is 11.4 Å². The number of para-hydroxylation sites is 1. The van der Waals surface area contributed by atoms with E-state index < -0.39 is 21.8 Å². The predicted octanol–water partition coefficient (Wildman–Crippen LogP) is 2.87. The molecule has 1 atom stereocenters. The van der Waals surface area contributed by atoms with Crippen LogP contribution in [0.15, 0.2) is 42.5 Å². The van der Waals surface area contributed by atoms with Crippen LogP contribution in [0.2, 0.25) is 0 Å². The highest BCUT2D eigenvalue weighted by molar-refractivity contribution is 7.94. The number of nitrogens with one attached hydrogen (secondary N) is 1. The number of aryl methyl sites for hydroxylation is 2. The van der Waals surface area contributed by atoms with Gasteiger partial charge in [-0.25, -0.2) is 12.7 Å². The van der Waals surface area contributed by atoms with Gasteiger partial charge in [-0.15, -0.1) is 0 Å². The summed E-state index contributed by atoms with van der Waals surface area (Å²) in [7, 11) is -3.70. The standard InChI is InChI=1S/C19H20N2O4S/c1-12-6-4-7-13(2)17(12)20-18(22)15-8-5-9-16(10-15)21-19(23)14(3)11-26(21,24)25/h4-10,14H,11H2,1-3H3,(H,20,22)/t14-/m1/s1. The molecule has 1 aliphatic rings. The largest absolute Gasteiger partial charge is 0.322 e. The fourth-order valence-electron chi connectivity index (χ4n) is 3.06. The van der Waals surface area contributed by atoms with Gasteiger partial charge in [-0.05, 0) is 43.2 Å². The second-order valence-corrected chi connectivity index (χ2v) is 8.42. The number of benzene rings is 2. The summed E-state index contributed by atoms with van der Waals surface area (Å²) in [5.74, 6) is -1.64. The summed E-state index contributed by atoms with van der Waals surface area (Å²) >= 11 is 0. The predicted molar refractivity (Wildman–Crippen MR) is 101 cm³/mol. The Bertz CT molecular complexity index is 978. The first-order valence-corrected chi connectivity index (χ1v) is 9.86. The van der Waals surface area contributed by atoms with Crippen LogP contribution in [-0.2, 0) is 14.8 Å². The summed E-state index contributed by atoms with van der Waals surface area (Å²) < 4.78 is 25.3. The van der Waals surface area contributed by atoms with E-state index in [9.17, 15) is 18.0 Å². The Morgan fingerprint density at radius 1 is 1.12 bits per heavy atom. The van der Waals surface area contributed by atoms with Gasteiger partial charge in [0.15, 0.2) is 0 Å². The minimum atomic E-state index is -3.70. The fourth-order valence-corrected chi connectivity index (χ4v) is 4.87. The molecule has 0 aliphatic carbocycles. The minimum absolute atomic E-state index is 0.188. The van der Waals surface area contributed by atoms with E-state index in [1.54, 1.807) is 19.1 Å². The lowest BCUT2D eigenvalue weighted by Gasteiger charge is -2.16. The minimum Gasteiger partial charge on any atom is -0.322 e. The first-order valence-electron chi connectivity index (χ1n) is 8.25. The van der Waals surface area contributed by atoms with Gasteiger partial charge >= 0.3 is 0 Å². The number of sulfonamides is 1. The summed E-state index contributed by atoms with van der Waals surface area (Å²) in [5, 5.41) is 2.86. The number of amides is 2. The summed E-state index contributed by atoms with van der Waals surface area (Å²) in [5.41, 5.74) is 3.06. The van der Waals surface area contributed by atoms with E-state index in [1.807, 2.05) is 32.0 Å². The molecule has 6 nitrogen and oxygen atoms in total. The molecule has 1 fully saturated rings. The van der Waals surface area contributed by atoms with Gasteiger partial charge in [0.25, 0.3) is 5.91 Å². The Morgan fingerprint density at radius 3 is 2.31 bits per heavy atom. The van der Waals surface area contributed by atoms with Crippen molar-refractivity contribution < 1.29 is 18.0 Å². The number of hydrogen-bond acceptors (Lipinski definition) is 4. The molecule has 1 heterocycles. The van der Waals surface area contributed by atoms with Crippen LogP contribution >= 0.6 is 0 Å². The Hall–Kier alpha value is -2.67. The zero-order valence-electron chi connectivity index (χ0n) is 14.8. The Labute approximate surface area is 152 Å². The number of anilines is 2. The number of carbonyl (C=O) groups is 2. The normalized spacial score (nSPS) is 18.8. The number of rotatable bonds is 3. The highest BCUT2D eigenvalue weighted by Crippen LogP contribution is 2.29. The first kappa shape index (κ1) is 18.1. The van der Waals surface area contributed by atoms with Crippen molar-refractivity contribution in [3.05, 3.63) is 59.2 Å². The summed E-state index contributed by atoms with van der Waals surface area (Å²) in [6, 6.07) is 11.8. The molecule has 2 aromatic carbocycles. The van der Waals surface area contributed by atoms with Crippen molar-refractivity contribution in [2.75, 3.05) is 15.4 Å². The number of carbonyl (C=O) groups excluding carboxylic acids is 2. The molecule has 0 spiro atoms. The maximum atomic E-state index is 12.6. The van der Waals surface area contributed by atoms with Gasteiger partial charge in [0.2, 0.25) is 15.9 Å². The van der Waals surface area contributed by atoms with E-state index in [2.05, 4.69) is 5.32 Å². The number of hydrogen-bond donors (Lipinski definition) is 1. The van der Waals surface area contributed by atoms with Crippen LogP contribution in [0.5, 0.6) is 0 Å². The van der Waals surface area contributed by atoms with E-state index in [-0.39, 0.29) is 22.9 Å². The van der Waals surface area contributed by atoms with Gasteiger partial charge in [-0.1, -0.05) is 31.2 Å². The van der Waals surface area contributed by atoms with E-state index in [0.717, 1.165) is 21.1 Å². The van der Waals surface area contributed by atoms with E-state index in [4.69, 9.17) is 0 Å². The molecule has 0 unspecified atom stereocenters. The van der Waals surface area contributed by atoms with Crippen LogP contribution in [-0.4, -0.2) is 26.0 Å². The average Bonchev–Trinajstić information content (AvgIpc) is 2.78. The summed E-state index contributed by atoms with van der Waals surface area (Å²) in [6.45, 7) is 5.38. The monoisotopic (exact) mass is 372 g/mol. The fraction of sp³-hybridized carbons (Fsp3) is 0.263. The molecular formula is C19H20N2O4S. The van der Waals surface area contributed by atoms with Crippen LogP contribution in [0, 0.1) is 19.8 Å². The van der Waals surface area contributed by atoms with Crippen molar-refractivity contribution in [2.24, 2.45) is 5.92 Å². The van der Waals surface area contributed by atoms with Gasteiger partial charge in [0.05, 0.1) is 17.4 Å². The second-order valence-electron chi connectivity index (χ2n) is 6.55. The lowest BCUT2D eigenvalue weighted by atomic mass is 10.1. The lowest BCUT2D eigenvalue weighted by Crippen LogP contribution is -2.30. The SMILES string of the molecule is Cc1cccc(C)c1NC(=O)c1cccc(N2C(=O)[C@H](C)CS2(=O)=O)c1. The Kier molecular flexibility index (Phi) is 4.58. The van der Waals surface area contributed by atoms with Crippen molar-refractivity contribution in [2.45, 2.75) is 20.8 Å². The molecule has 0 aromatic heterocycles. The zero-order valence-corrected chi connectivity index (χ0v) is 15.6. The topological polar surface area (TPSA) is 83.6 Å². The quantitative estimate of drug-likeness (QED) is 0.898. The molecule has 2 aromatic rings. The molecule has 1 saturated heterocycles. The average molecular weight is 372 g/mol. The van der Waals surface area contributed by atoms with Crippen LogP contribution in [0.3, 0.4) is 0 Å². The third kappa shape index (κ3) is 3.22. The van der Waals surface area contributed by atoms with Crippen molar-refractivity contribution in [3.8, 4) is 0 Å². The molecule has 1 aliphatic heterocycles. The van der Waals surface area contributed by atoms with E-state index >= 15 is 0 Å². The third-order valence-corrected chi connectivity index (χ3v) is 6.29. The maximum Gasteiger partial charge on any atom is 0.255 e. The van der Waals surface area contributed by atoms with Gasteiger partial charge in [0, 0.05) is 11.3 Å². The first-order chi connectivity index (χ1) is 12.2. The zero-order chi connectivity index (χ0) is 19.1. The van der Waals surface area contributed by atoms with Gasteiger partial charge in [-0.3, -0.25) is 9.59 Å². The van der Waals surface area contributed by atoms with Gasteiger partial charge < -0.3 is 5.32 Å². The molecule has 0 saturated carbocycles.